The molecule has 0 saturated heterocycles. The Kier molecular flexibility index (Phi) is 6.48. The molecule has 0 radical (unpaired) electrons. The Morgan fingerprint density at radius 3 is 2.74 bits per heavy atom. The van der Waals surface area contributed by atoms with Crippen LogP contribution in [0.15, 0.2) is 0 Å². The summed E-state index contributed by atoms with van der Waals surface area (Å²) < 4.78 is 0. The maximum Gasteiger partial charge on any atom is 0.317 e. The van der Waals surface area contributed by atoms with Gasteiger partial charge in [-0.15, -0.1) is 0 Å². The minimum absolute atomic E-state index is 0.00807. The van der Waals surface area contributed by atoms with Gasteiger partial charge in [0.1, 0.15) is 0 Å². The lowest BCUT2D eigenvalue weighted by molar-refractivity contribution is -0.143. The first-order valence-electron chi connectivity index (χ1n) is 6.70. The lowest BCUT2D eigenvalue weighted by atomic mass is 9.86. The van der Waals surface area contributed by atoms with Gasteiger partial charge in [-0.1, -0.05) is 6.42 Å². The topological polar surface area (TPSA) is 69.6 Å². The monoisotopic (exact) mass is 288 g/mol. The summed E-state index contributed by atoms with van der Waals surface area (Å²) in [5.74, 6) is -0.164. The first kappa shape index (κ1) is 16.1. The van der Waals surface area contributed by atoms with Crippen LogP contribution in [0.2, 0.25) is 0 Å². The molecule has 0 aliphatic heterocycles. The number of carboxylic acid groups (broad SMARTS) is 1. The molecule has 2 N–H and O–H groups in total. The Labute approximate surface area is 119 Å². The number of carboxylic acids is 1. The molecule has 5 nitrogen and oxygen atoms in total. The second-order valence-electron chi connectivity index (χ2n) is 5.26. The second-order valence-corrected chi connectivity index (χ2v) is 6.17. The first-order valence-corrected chi connectivity index (χ1v) is 8.10. The molecule has 2 amide bonds. The lowest BCUT2D eigenvalue weighted by Crippen LogP contribution is -2.48. The zero-order valence-corrected chi connectivity index (χ0v) is 12.7. The predicted molar refractivity (Wildman–Crippen MR) is 77.5 cm³/mol. The van der Waals surface area contributed by atoms with Crippen LogP contribution in [0, 0.1) is 5.92 Å². The van der Waals surface area contributed by atoms with Gasteiger partial charge in [-0.25, -0.2) is 4.79 Å². The van der Waals surface area contributed by atoms with E-state index in [-0.39, 0.29) is 24.0 Å². The summed E-state index contributed by atoms with van der Waals surface area (Å²) in [6.45, 7) is 2.01. The minimum atomic E-state index is -0.747. The van der Waals surface area contributed by atoms with Gasteiger partial charge in [0, 0.05) is 24.9 Å². The molecule has 1 aliphatic carbocycles. The molecule has 0 spiro atoms. The molecular weight excluding hydrogens is 264 g/mol. The van der Waals surface area contributed by atoms with Crippen molar-refractivity contribution in [2.45, 2.75) is 44.7 Å². The number of nitrogens with one attached hydrogen (secondary N) is 1. The fourth-order valence-electron chi connectivity index (χ4n) is 2.37. The summed E-state index contributed by atoms with van der Waals surface area (Å²) in [7, 11) is 1.79. The van der Waals surface area contributed by atoms with Crippen molar-refractivity contribution < 1.29 is 14.7 Å². The summed E-state index contributed by atoms with van der Waals surface area (Å²) in [4.78, 5) is 24.7. The molecule has 0 bridgehead atoms. The lowest BCUT2D eigenvalue weighted by Gasteiger charge is -2.31. The minimum Gasteiger partial charge on any atom is -0.481 e. The third-order valence-electron chi connectivity index (χ3n) is 3.74. The number of hydrogen-bond donors (Lipinski definition) is 2. The van der Waals surface area contributed by atoms with Crippen molar-refractivity contribution in [3.63, 3.8) is 0 Å². The summed E-state index contributed by atoms with van der Waals surface area (Å²) in [5, 5.41) is 12.0. The Balaban J connectivity index is 2.45. The SMILES string of the molecule is CSCC(C)N(C)C(=O)NC1CCCC(C(=O)O)C1. The molecule has 3 unspecified atom stereocenters. The summed E-state index contributed by atoms with van der Waals surface area (Å²) in [6, 6.07) is 0.0673. The van der Waals surface area contributed by atoms with Crippen LogP contribution < -0.4 is 5.32 Å². The van der Waals surface area contributed by atoms with Gasteiger partial charge in [0.05, 0.1) is 5.92 Å². The number of hydrogen-bond acceptors (Lipinski definition) is 3. The molecule has 1 saturated carbocycles. The Morgan fingerprint density at radius 2 is 2.16 bits per heavy atom. The number of nitrogens with zero attached hydrogens (tertiary/aromatic N) is 1. The fourth-order valence-corrected chi connectivity index (χ4v) is 3.08. The third-order valence-corrected chi connectivity index (χ3v) is 4.56. The van der Waals surface area contributed by atoms with Crippen LogP contribution in [-0.4, -0.2) is 53.1 Å². The summed E-state index contributed by atoms with van der Waals surface area (Å²) in [5.41, 5.74) is 0. The van der Waals surface area contributed by atoms with E-state index in [1.54, 1.807) is 23.7 Å². The van der Waals surface area contributed by atoms with Gasteiger partial charge in [-0.2, -0.15) is 11.8 Å². The highest BCUT2D eigenvalue weighted by atomic mass is 32.2. The van der Waals surface area contributed by atoms with Crippen LogP contribution in [0.3, 0.4) is 0 Å². The van der Waals surface area contributed by atoms with Crippen molar-refractivity contribution >= 4 is 23.8 Å². The van der Waals surface area contributed by atoms with E-state index in [0.29, 0.717) is 6.42 Å². The van der Waals surface area contributed by atoms with Gasteiger partial charge in [-0.05, 0) is 32.4 Å². The Morgan fingerprint density at radius 1 is 1.47 bits per heavy atom. The van der Waals surface area contributed by atoms with Gasteiger partial charge >= 0.3 is 12.0 Å². The van der Waals surface area contributed by atoms with E-state index in [9.17, 15) is 9.59 Å². The van der Waals surface area contributed by atoms with Crippen LogP contribution in [-0.2, 0) is 4.79 Å². The molecule has 110 valence electrons. The largest absolute Gasteiger partial charge is 0.481 e. The standard InChI is InChI=1S/C13H24N2O3S/c1-9(8-19-3)15(2)13(18)14-11-6-4-5-10(7-11)12(16)17/h9-11H,4-8H2,1-3H3,(H,14,18)(H,16,17). The molecule has 1 fully saturated rings. The molecule has 0 aromatic carbocycles. The van der Waals surface area contributed by atoms with Crippen molar-refractivity contribution in [3.8, 4) is 0 Å². The predicted octanol–water partition coefficient (Wildman–Crippen LogP) is 2.02. The van der Waals surface area contributed by atoms with Gasteiger partial charge in [-0.3, -0.25) is 4.79 Å². The zero-order chi connectivity index (χ0) is 14.4. The van der Waals surface area contributed by atoms with Crippen molar-refractivity contribution in [2.75, 3.05) is 19.1 Å². The highest BCUT2D eigenvalue weighted by Crippen LogP contribution is 2.24. The molecule has 6 heteroatoms. The smallest absolute Gasteiger partial charge is 0.317 e. The van der Waals surface area contributed by atoms with E-state index in [0.717, 1.165) is 25.0 Å². The Bertz CT molecular complexity index is 325. The van der Waals surface area contributed by atoms with E-state index in [1.807, 2.05) is 13.2 Å². The molecule has 0 aromatic heterocycles. The van der Waals surface area contributed by atoms with Gasteiger partial charge in [0.15, 0.2) is 0 Å². The normalized spacial score (nSPS) is 24.6. The molecule has 3 atom stereocenters. The molecule has 1 aliphatic rings. The Hall–Kier alpha value is -0.910. The van der Waals surface area contributed by atoms with Gasteiger partial charge in [0.2, 0.25) is 0 Å². The van der Waals surface area contributed by atoms with Gasteiger partial charge in [0.25, 0.3) is 0 Å². The molecular formula is C13H24N2O3S. The fraction of sp³-hybridized carbons (Fsp3) is 0.846. The van der Waals surface area contributed by atoms with Crippen LogP contribution in [0.5, 0.6) is 0 Å². The summed E-state index contributed by atoms with van der Waals surface area (Å²) in [6.07, 6.45) is 5.03. The van der Waals surface area contributed by atoms with Crippen LogP contribution >= 0.6 is 11.8 Å². The molecule has 0 aromatic rings. The third kappa shape index (κ3) is 4.93. The van der Waals surface area contributed by atoms with Crippen molar-refractivity contribution in [2.24, 2.45) is 5.92 Å². The molecule has 19 heavy (non-hydrogen) atoms. The maximum absolute atomic E-state index is 12.1. The highest BCUT2D eigenvalue weighted by Gasteiger charge is 2.28. The molecule has 1 rings (SSSR count). The number of carbonyl (C=O) groups excluding carboxylic acids is 1. The van der Waals surface area contributed by atoms with Crippen molar-refractivity contribution in [1.29, 1.82) is 0 Å². The number of carbonyl (C=O) groups is 2. The average Bonchev–Trinajstić information content (AvgIpc) is 2.38. The summed E-state index contributed by atoms with van der Waals surface area (Å²) >= 11 is 1.71. The van der Waals surface area contributed by atoms with Crippen molar-refractivity contribution in [3.05, 3.63) is 0 Å². The van der Waals surface area contributed by atoms with Crippen LogP contribution in [0.4, 0.5) is 4.79 Å². The van der Waals surface area contributed by atoms with E-state index in [4.69, 9.17) is 5.11 Å². The zero-order valence-electron chi connectivity index (χ0n) is 11.9. The number of amides is 2. The average molecular weight is 288 g/mol. The number of aliphatic carboxylic acids is 1. The highest BCUT2D eigenvalue weighted by molar-refractivity contribution is 7.98. The van der Waals surface area contributed by atoms with E-state index in [2.05, 4.69) is 5.32 Å². The van der Waals surface area contributed by atoms with E-state index < -0.39 is 5.97 Å². The van der Waals surface area contributed by atoms with E-state index in [1.165, 1.54) is 0 Å². The number of urea groups is 1. The first-order chi connectivity index (χ1) is 8.95. The van der Waals surface area contributed by atoms with Crippen LogP contribution in [0.25, 0.3) is 0 Å². The quantitative estimate of drug-likeness (QED) is 0.812. The van der Waals surface area contributed by atoms with Gasteiger partial charge < -0.3 is 15.3 Å². The van der Waals surface area contributed by atoms with Crippen molar-refractivity contribution in [1.82, 2.24) is 10.2 Å². The van der Waals surface area contributed by atoms with E-state index >= 15 is 0 Å². The molecule has 0 heterocycles. The number of rotatable bonds is 5. The second kappa shape index (κ2) is 7.62. The van der Waals surface area contributed by atoms with Crippen LogP contribution in [0.1, 0.15) is 32.6 Å². The maximum atomic E-state index is 12.1. The number of thioether (sulfide) groups is 1.